The Morgan fingerprint density at radius 3 is 2.42 bits per heavy atom. The first-order valence-electron chi connectivity index (χ1n) is 4.73. The number of nitrogens with one attached hydrogen (secondary N) is 2. The third-order valence-electron chi connectivity index (χ3n) is 3.06. The molecule has 2 rings (SSSR count). The van der Waals surface area contributed by atoms with E-state index in [0.717, 1.165) is 24.9 Å². The van der Waals surface area contributed by atoms with Crippen molar-refractivity contribution in [2.24, 2.45) is 11.8 Å². The van der Waals surface area contributed by atoms with Crippen LogP contribution in [0.4, 0.5) is 0 Å². The molecule has 3 atom stereocenters. The molecule has 1 aliphatic heterocycles. The molecular weight excluding hydrogens is 152 g/mol. The number of carbonyl (C=O) groups is 1. The van der Waals surface area contributed by atoms with Gasteiger partial charge < -0.3 is 10.6 Å². The molecule has 68 valence electrons. The molecule has 2 N–H and O–H groups in total. The van der Waals surface area contributed by atoms with Gasteiger partial charge in [0.15, 0.2) is 0 Å². The molecule has 1 saturated heterocycles. The number of carbonyl (C=O) groups excluding carboxylic acids is 1. The van der Waals surface area contributed by atoms with Crippen LogP contribution in [0.25, 0.3) is 0 Å². The first-order valence-corrected chi connectivity index (χ1v) is 4.73. The molecule has 12 heavy (non-hydrogen) atoms. The van der Waals surface area contributed by atoms with E-state index in [4.69, 9.17) is 0 Å². The molecule has 0 spiro atoms. The third kappa shape index (κ3) is 1.46. The molecule has 1 saturated carbocycles. The number of rotatable bonds is 1. The van der Waals surface area contributed by atoms with Gasteiger partial charge in [-0.3, -0.25) is 4.79 Å². The Hall–Kier alpha value is -0.570. The fourth-order valence-corrected chi connectivity index (χ4v) is 2.57. The van der Waals surface area contributed by atoms with Crippen molar-refractivity contribution >= 4 is 5.91 Å². The van der Waals surface area contributed by atoms with Gasteiger partial charge in [-0.1, -0.05) is 0 Å². The van der Waals surface area contributed by atoms with Crippen molar-refractivity contribution in [3.05, 3.63) is 0 Å². The zero-order chi connectivity index (χ0) is 8.55. The molecule has 3 heteroatoms. The average molecular weight is 168 g/mol. The summed E-state index contributed by atoms with van der Waals surface area (Å²) in [6, 6.07) is 0.458. The maximum Gasteiger partial charge on any atom is 0.217 e. The summed E-state index contributed by atoms with van der Waals surface area (Å²) < 4.78 is 0. The maximum absolute atomic E-state index is 10.8. The zero-order valence-electron chi connectivity index (χ0n) is 7.47. The Morgan fingerprint density at radius 1 is 1.33 bits per heavy atom. The Labute approximate surface area is 72.9 Å². The van der Waals surface area contributed by atoms with Gasteiger partial charge in [0.05, 0.1) is 0 Å². The van der Waals surface area contributed by atoms with Crippen LogP contribution in [-0.2, 0) is 4.79 Å². The molecule has 0 radical (unpaired) electrons. The van der Waals surface area contributed by atoms with Crippen molar-refractivity contribution < 1.29 is 4.79 Å². The van der Waals surface area contributed by atoms with E-state index in [9.17, 15) is 4.79 Å². The van der Waals surface area contributed by atoms with E-state index >= 15 is 0 Å². The molecule has 1 unspecified atom stereocenters. The van der Waals surface area contributed by atoms with E-state index in [1.165, 1.54) is 12.8 Å². The smallest absolute Gasteiger partial charge is 0.217 e. The zero-order valence-corrected chi connectivity index (χ0v) is 7.47. The largest absolute Gasteiger partial charge is 0.354 e. The molecule has 1 aliphatic carbocycles. The first-order chi connectivity index (χ1) is 5.75. The van der Waals surface area contributed by atoms with E-state index in [2.05, 4.69) is 10.6 Å². The summed E-state index contributed by atoms with van der Waals surface area (Å²) in [5, 5.41) is 6.39. The van der Waals surface area contributed by atoms with Crippen LogP contribution in [0.15, 0.2) is 0 Å². The molecule has 0 aromatic carbocycles. The summed E-state index contributed by atoms with van der Waals surface area (Å²) in [6.07, 6.45) is 2.36. The van der Waals surface area contributed by atoms with Crippen molar-refractivity contribution in [3.63, 3.8) is 0 Å². The molecule has 3 nitrogen and oxygen atoms in total. The van der Waals surface area contributed by atoms with Gasteiger partial charge in [-0.25, -0.2) is 0 Å². The minimum atomic E-state index is 0.118. The van der Waals surface area contributed by atoms with E-state index in [0.29, 0.717) is 6.04 Å². The van der Waals surface area contributed by atoms with Crippen molar-refractivity contribution in [2.75, 3.05) is 13.1 Å². The van der Waals surface area contributed by atoms with E-state index in [1.807, 2.05) is 0 Å². The van der Waals surface area contributed by atoms with Crippen LogP contribution in [0.3, 0.4) is 0 Å². The summed E-state index contributed by atoms with van der Waals surface area (Å²) in [5.74, 6) is 1.76. The van der Waals surface area contributed by atoms with E-state index in [-0.39, 0.29) is 5.91 Å². The van der Waals surface area contributed by atoms with E-state index < -0.39 is 0 Å². The van der Waals surface area contributed by atoms with E-state index in [1.54, 1.807) is 6.92 Å². The predicted molar refractivity (Wildman–Crippen MR) is 46.7 cm³/mol. The Morgan fingerprint density at radius 2 is 1.92 bits per heavy atom. The lowest BCUT2D eigenvalue weighted by molar-refractivity contribution is -0.119. The summed E-state index contributed by atoms with van der Waals surface area (Å²) in [5.41, 5.74) is 0. The molecule has 1 amide bonds. The molecule has 0 aromatic heterocycles. The molecule has 1 heterocycles. The first kappa shape index (κ1) is 8.05. The third-order valence-corrected chi connectivity index (χ3v) is 3.06. The number of hydrogen-bond donors (Lipinski definition) is 2. The van der Waals surface area contributed by atoms with Crippen LogP contribution in [0, 0.1) is 11.8 Å². The normalized spacial score (nSPS) is 39.6. The minimum Gasteiger partial charge on any atom is -0.354 e. The fraction of sp³-hybridized carbons (Fsp3) is 0.889. The SMILES string of the molecule is CC(=O)N[C@@H]1CC2CNC[C@@H]2C1. The Kier molecular flexibility index (Phi) is 2.05. The molecule has 0 bridgehead atoms. The van der Waals surface area contributed by atoms with Crippen LogP contribution >= 0.6 is 0 Å². The lowest BCUT2D eigenvalue weighted by Gasteiger charge is -2.11. The van der Waals surface area contributed by atoms with Crippen LogP contribution < -0.4 is 10.6 Å². The van der Waals surface area contributed by atoms with Gasteiger partial charge in [0.2, 0.25) is 5.91 Å². The van der Waals surface area contributed by atoms with Gasteiger partial charge in [0, 0.05) is 13.0 Å². The lowest BCUT2D eigenvalue weighted by Crippen LogP contribution is -2.32. The number of fused-ring (bicyclic) bond motifs is 1. The summed E-state index contributed by atoms with van der Waals surface area (Å²) in [4.78, 5) is 10.8. The van der Waals surface area contributed by atoms with Crippen LogP contribution in [-0.4, -0.2) is 25.0 Å². The van der Waals surface area contributed by atoms with Crippen LogP contribution in [0.1, 0.15) is 19.8 Å². The van der Waals surface area contributed by atoms with Gasteiger partial charge in [0.25, 0.3) is 0 Å². The van der Waals surface area contributed by atoms with Gasteiger partial charge >= 0.3 is 0 Å². The highest BCUT2D eigenvalue weighted by Crippen LogP contribution is 2.34. The lowest BCUT2D eigenvalue weighted by atomic mass is 10.0. The second-order valence-corrected chi connectivity index (χ2v) is 4.05. The summed E-state index contributed by atoms with van der Waals surface area (Å²) in [6.45, 7) is 3.91. The van der Waals surface area contributed by atoms with Gasteiger partial charge in [-0.2, -0.15) is 0 Å². The average Bonchev–Trinajstić information content (AvgIpc) is 2.43. The summed E-state index contributed by atoms with van der Waals surface area (Å²) >= 11 is 0. The second kappa shape index (κ2) is 3.05. The standard InChI is InChI=1S/C9H16N2O/c1-6(12)11-9-2-7-4-10-5-8(7)3-9/h7-10H,2-5H2,1H3,(H,11,12)/t7-,8?,9-/m0/s1. The van der Waals surface area contributed by atoms with Gasteiger partial charge in [0.1, 0.15) is 0 Å². The fourth-order valence-electron chi connectivity index (χ4n) is 2.57. The highest BCUT2D eigenvalue weighted by Gasteiger charge is 2.37. The van der Waals surface area contributed by atoms with Crippen molar-refractivity contribution in [1.29, 1.82) is 0 Å². The van der Waals surface area contributed by atoms with Crippen molar-refractivity contribution in [2.45, 2.75) is 25.8 Å². The van der Waals surface area contributed by atoms with Crippen LogP contribution in [0.5, 0.6) is 0 Å². The molecular formula is C9H16N2O. The number of amides is 1. The molecule has 0 aromatic rings. The van der Waals surface area contributed by atoms with Crippen molar-refractivity contribution in [1.82, 2.24) is 10.6 Å². The monoisotopic (exact) mass is 168 g/mol. The number of hydrogen-bond acceptors (Lipinski definition) is 2. The highest BCUT2D eigenvalue weighted by atomic mass is 16.1. The minimum absolute atomic E-state index is 0.118. The summed E-state index contributed by atoms with van der Waals surface area (Å²) in [7, 11) is 0. The molecule has 2 aliphatic rings. The second-order valence-electron chi connectivity index (χ2n) is 4.05. The maximum atomic E-state index is 10.8. The Balaban J connectivity index is 1.86. The highest BCUT2D eigenvalue weighted by molar-refractivity contribution is 5.73. The molecule has 2 fully saturated rings. The van der Waals surface area contributed by atoms with Crippen molar-refractivity contribution in [3.8, 4) is 0 Å². The van der Waals surface area contributed by atoms with Gasteiger partial charge in [-0.05, 0) is 37.8 Å². The Bertz CT molecular complexity index is 181. The topological polar surface area (TPSA) is 41.1 Å². The predicted octanol–water partition coefficient (Wildman–Crippen LogP) is 0.120. The van der Waals surface area contributed by atoms with Crippen LogP contribution in [0.2, 0.25) is 0 Å². The quantitative estimate of drug-likeness (QED) is 0.584. The van der Waals surface area contributed by atoms with Gasteiger partial charge in [-0.15, -0.1) is 0 Å².